The Morgan fingerprint density at radius 1 is 1.04 bits per heavy atom. The Bertz CT molecular complexity index is 305. The van der Waals surface area contributed by atoms with Crippen molar-refractivity contribution in [1.82, 2.24) is 4.90 Å². The van der Waals surface area contributed by atoms with Gasteiger partial charge in [0.05, 0.1) is 0 Å². The molecule has 1 N–H and O–H groups in total. The quantitative estimate of drug-likeness (QED) is 0.457. The van der Waals surface area contributed by atoms with Crippen molar-refractivity contribution in [1.29, 1.82) is 0 Å². The molecule has 0 aliphatic carbocycles. The lowest BCUT2D eigenvalue weighted by atomic mass is 10.3. The molecule has 0 heterocycles. The molecule has 0 saturated heterocycles. The van der Waals surface area contributed by atoms with Crippen LogP contribution in [-0.2, 0) is 18.1 Å². The number of carboxylic acid groups (broad SMARTS) is 1. The van der Waals surface area contributed by atoms with Gasteiger partial charge in [0.15, 0.2) is 0 Å². The molecule has 23 heavy (non-hydrogen) atoms. The van der Waals surface area contributed by atoms with Crippen molar-refractivity contribution in [2.75, 3.05) is 40.5 Å². The second-order valence-corrected chi connectivity index (χ2v) is 7.92. The summed E-state index contributed by atoms with van der Waals surface area (Å²) in [5, 5.41) is 8.41. The standard InChI is InChI=1S/C9H22O3Si.C7H13NO2/c1-5-9-13(10-6-2,11-7-3)12-8-4;1-6(7(9)10)4-5-8(2)3/h5-9H2,1-4H3;4H,5H2,1-3H3,(H,9,10). The molecular weight excluding hydrogens is 314 g/mol. The largest absolute Gasteiger partial charge is 0.500 e. The van der Waals surface area contributed by atoms with E-state index >= 15 is 0 Å². The molecule has 138 valence electrons. The summed E-state index contributed by atoms with van der Waals surface area (Å²) >= 11 is 0. The van der Waals surface area contributed by atoms with Crippen LogP contribution in [0.4, 0.5) is 0 Å². The van der Waals surface area contributed by atoms with Gasteiger partial charge in [-0.15, -0.1) is 0 Å². The summed E-state index contributed by atoms with van der Waals surface area (Å²) in [4.78, 5) is 12.1. The van der Waals surface area contributed by atoms with Crippen LogP contribution >= 0.6 is 0 Å². The van der Waals surface area contributed by atoms with Gasteiger partial charge in [-0.05, 0) is 41.8 Å². The maximum atomic E-state index is 10.2. The van der Waals surface area contributed by atoms with Gasteiger partial charge in [0.1, 0.15) is 0 Å². The van der Waals surface area contributed by atoms with E-state index in [0.29, 0.717) is 31.9 Å². The molecule has 0 aliphatic rings. The fraction of sp³-hybridized carbons (Fsp3) is 0.812. The van der Waals surface area contributed by atoms with E-state index in [4.69, 9.17) is 18.4 Å². The molecule has 0 radical (unpaired) electrons. The van der Waals surface area contributed by atoms with Gasteiger partial charge < -0.3 is 23.3 Å². The van der Waals surface area contributed by atoms with E-state index in [1.54, 1.807) is 13.0 Å². The first-order valence-electron chi connectivity index (χ1n) is 8.25. The normalized spacial score (nSPS) is 12.1. The average molecular weight is 350 g/mol. The van der Waals surface area contributed by atoms with Crippen molar-refractivity contribution in [2.45, 2.75) is 47.1 Å². The Balaban J connectivity index is 0. The summed E-state index contributed by atoms with van der Waals surface area (Å²) in [5.74, 6) is -0.846. The lowest BCUT2D eigenvalue weighted by Gasteiger charge is -2.27. The molecule has 0 saturated carbocycles. The maximum Gasteiger partial charge on any atom is 0.500 e. The third kappa shape index (κ3) is 13.4. The Kier molecular flexibility index (Phi) is 15.8. The van der Waals surface area contributed by atoms with Crippen LogP contribution < -0.4 is 0 Å². The van der Waals surface area contributed by atoms with Crippen molar-refractivity contribution in [2.24, 2.45) is 0 Å². The first kappa shape index (κ1) is 24.5. The van der Waals surface area contributed by atoms with Crippen molar-refractivity contribution in [3.8, 4) is 0 Å². The third-order valence-electron chi connectivity index (χ3n) is 2.75. The van der Waals surface area contributed by atoms with E-state index in [9.17, 15) is 4.79 Å². The highest BCUT2D eigenvalue weighted by Gasteiger charge is 2.38. The lowest BCUT2D eigenvalue weighted by Crippen LogP contribution is -2.45. The average Bonchev–Trinajstić information content (AvgIpc) is 2.46. The van der Waals surface area contributed by atoms with Gasteiger partial charge in [-0.1, -0.05) is 19.4 Å². The number of likely N-dealkylation sites (N-methyl/N-ethyl adjacent to an activating group) is 1. The van der Waals surface area contributed by atoms with Crippen LogP contribution in [0.15, 0.2) is 11.6 Å². The van der Waals surface area contributed by atoms with Crippen molar-refractivity contribution < 1.29 is 23.2 Å². The van der Waals surface area contributed by atoms with Gasteiger partial charge in [-0.25, -0.2) is 4.79 Å². The highest BCUT2D eigenvalue weighted by Crippen LogP contribution is 2.17. The fourth-order valence-electron chi connectivity index (χ4n) is 1.71. The molecule has 0 fully saturated rings. The molecule has 0 rings (SSSR count). The number of carboxylic acids is 1. The Morgan fingerprint density at radius 3 is 1.74 bits per heavy atom. The van der Waals surface area contributed by atoms with E-state index in [0.717, 1.165) is 12.5 Å². The van der Waals surface area contributed by atoms with Gasteiger partial charge >= 0.3 is 14.8 Å². The van der Waals surface area contributed by atoms with Gasteiger partial charge in [0, 0.05) is 38.0 Å². The monoisotopic (exact) mass is 349 g/mol. The van der Waals surface area contributed by atoms with Gasteiger partial charge in [0.2, 0.25) is 0 Å². The van der Waals surface area contributed by atoms with E-state index in [-0.39, 0.29) is 0 Å². The highest BCUT2D eigenvalue weighted by atomic mass is 28.4. The lowest BCUT2D eigenvalue weighted by molar-refractivity contribution is -0.132. The van der Waals surface area contributed by atoms with Crippen LogP contribution in [0.25, 0.3) is 0 Å². The molecule has 0 unspecified atom stereocenters. The van der Waals surface area contributed by atoms with Crippen molar-refractivity contribution in [3.05, 3.63) is 11.6 Å². The number of carbonyl (C=O) groups is 1. The minimum absolute atomic E-state index is 0.397. The van der Waals surface area contributed by atoms with Crippen LogP contribution in [0.5, 0.6) is 0 Å². The summed E-state index contributed by atoms with van der Waals surface area (Å²) in [5.41, 5.74) is 0.397. The predicted octanol–water partition coefficient (Wildman–Crippen LogP) is 3.02. The number of hydrogen-bond donors (Lipinski definition) is 1. The molecule has 0 bridgehead atoms. The molecule has 6 nitrogen and oxygen atoms in total. The Hall–Kier alpha value is -0.733. The summed E-state index contributed by atoms with van der Waals surface area (Å²) < 4.78 is 16.9. The zero-order valence-electron chi connectivity index (χ0n) is 15.8. The second-order valence-electron chi connectivity index (χ2n) is 5.19. The molecule has 0 aromatic carbocycles. The summed E-state index contributed by atoms with van der Waals surface area (Å²) in [7, 11) is 1.49. The SMILES string of the molecule is CC(=CCN(C)C)C(=O)O.CCC[Si](OCC)(OCC)OCC. The smallest absolute Gasteiger partial charge is 0.478 e. The van der Waals surface area contributed by atoms with Gasteiger partial charge in [-0.3, -0.25) is 0 Å². The summed E-state index contributed by atoms with van der Waals surface area (Å²) in [6, 6.07) is 0.919. The molecule has 0 aliphatic heterocycles. The first-order chi connectivity index (χ1) is 10.8. The molecule has 7 heteroatoms. The number of rotatable bonds is 11. The van der Waals surface area contributed by atoms with Crippen LogP contribution in [0.2, 0.25) is 6.04 Å². The van der Waals surface area contributed by atoms with Crippen molar-refractivity contribution >= 4 is 14.8 Å². The van der Waals surface area contributed by atoms with Crippen molar-refractivity contribution in [3.63, 3.8) is 0 Å². The van der Waals surface area contributed by atoms with E-state index < -0.39 is 14.8 Å². The molecule has 0 aromatic heterocycles. The second kappa shape index (κ2) is 14.8. The molecule has 0 aromatic rings. The highest BCUT2D eigenvalue weighted by molar-refractivity contribution is 6.60. The van der Waals surface area contributed by atoms with E-state index in [1.165, 1.54) is 0 Å². The van der Waals surface area contributed by atoms with Crippen LogP contribution in [-0.4, -0.2) is 65.2 Å². The molecule has 0 amide bonds. The van der Waals surface area contributed by atoms with Crippen LogP contribution in [0, 0.1) is 0 Å². The number of nitrogens with zero attached hydrogens (tertiary/aromatic N) is 1. The minimum Gasteiger partial charge on any atom is -0.478 e. The summed E-state index contributed by atoms with van der Waals surface area (Å²) in [6.07, 6.45) is 2.73. The van der Waals surface area contributed by atoms with Crippen LogP contribution in [0.1, 0.15) is 41.0 Å². The van der Waals surface area contributed by atoms with E-state index in [1.807, 2.05) is 39.8 Å². The minimum atomic E-state index is -2.30. The van der Waals surface area contributed by atoms with Gasteiger partial charge in [-0.2, -0.15) is 0 Å². The zero-order chi connectivity index (χ0) is 18.3. The number of hydrogen-bond acceptors (Lipinski definition) is 5. The molecule has 0 atom stereocenters. The Morgan fingerprint density at radius 2 is 1.48 bits per heavy atom. The third-order valence-corrected chi connectivity index (χ3v) is 6.05. The summed E-state index contributed by atoms with van der Waals surface area (Å²) in [6.45, 7) is 12.4. The van der Waals surface area contributed by atoms with Crippen LogP contribution in [0.3, 0.4) is 0 Å². The predicted molar refractivity (Wildman–Crippen MR) is 95.7 cm³/mol. The molecule has 0 spiro atoms. The zero-order valence-corrected chi connectivity index (χ0v) is 16.8. The maximum absolute atomic E-state index is 10.2. The number of aliphatic carboxylic acids is 1. The fourth-order valence-corrected chi connectivity index (χ4v) is 4.33. The topological polar surface area (TPSA) is 68.2 Å². The first-order valence-corrected chi connectivity index (χ1v) is 10.2. The van der Waals surface area contributed by atoms with E-state index in [2.05, 4.69) is 6.92 Å². The molecular formula is C16H35NO5Si. The Labute approximate surface area is 142 Å². The van der Waals surface area contributed by atoms with Gasteiger partial charge in [0.25, 0.3) is 0 Å².